The molecule has 1 aromatic carbocycles. The first kappa shape index (κ1) is 13.2. The number of aryl methyl sites for hydroxylation is 1. The molecule has 0 amide bonds. The second-order valence-electron chi connectivity index (χ2n) is 4.59. The maximum Gasteiger partial charge on any atom is 0.0294 e. The topological polar surface area (TPSA) is 26.0 Å². The van der Waals surface area contributed by atoms with Crippen LogP contribution < -0.4 is 5.73 Å². The Balaban J connectivity index is 2.46. The van der Waals surface area contributed by atoms with Gasteiger partial charge in [-0.05, 0) is 24.0 Å². The van der Waals surface area contributed by atoms with Crippen LogP contribution in [0.3, 0.4) is 0 Å². The van der Waals surface area contributed by atoms with Crippen LogP contribution in [0.1, 0.15) is 63.1 Å². The van der Waals surface area contributed by atoms with Gasteiger partial charge in [0.05, 0.1) is 0 Å². The molecule has 1 nitrogen and oxygen atoms in total. The zero-order chi connectivity index (χ0) is 11.8. The van der Waals surface area contributed by atoms with Gasteiger partial charge in [-0.2, -0.15) is 0 Å². The molecular weight excluding hydrogens is 194 g/mol. The summed E-state index contributed by atoms with van der Waals surface area (Å²) in [5, 5.41) is 0. The zero-order valence-corrected chi connectivity index (χ0v) is 10.7. The summed E-state index contributed by atoms with van der Waals surface area (Å²) in [6.45, 7) is 4.44. The van der Waals surface area contributed by atoms with Crippen LogP contribution in [0, 0.1) is 0 Å². The molecule has 1 aromatic rings. The number of nitrogens with two attached hydrogens (primary N) is 1. The average molecular weight is 219 g/mol. The lowest BCUT2D eigenvalue weighted by molar-refractivity contribution is 0.581. The number of benzene rings is 1. The maximum atomic E-state index is 6.16. The lowest BCUT2D eigenvalue weighted by atomic mass is 9.99. The third kappa shape index (κ3) is 4.36. The molecule has 0 heterocycles. The van der Waals surface area contributed by atoms with E-state index in [4.69, 9.17) is 5.73 Å². The molecule has 0 saturated heterocycles. The van der Waals surface area contributed by atoms with Crippen molar-refractivity contribution >= 4 is 0 Å². The Morgan fingerprint density at radius 3 is 2.25 bits per heavy atom. The highest BCUT2D eigenvalue weighted by molar-refractivity contribution is 5.24. The monoisotopic (exact) mass is 219 g/mol. The van der Waals surface area contributed by atoms with Crippen LogP contribution in [0.25, 0.3) is 0 Å². The summed E-state index contributed by atoms with van der Waals surface area (Å²) in [4.78, 5) is 0. The molecule has 0 spiro atoms. The maximum absolute atomic E-state index is 6.16. The van der Waals surface area contributed by atoms with E-state index in [0.717, 1.165) is 6.42 Å². The van der Waals surface area contributed by atoms with Crippen LogP contribution in [0.15, 0.2) is 24.3 Å². The predicted octanol–water partition coefficient (Wildman–Crippen LogP) is 4.22. The van der Waals surface area contributed by atoms with E-state index in [2.05, 4.69) is 38.1 Å². The molecule has 1 unspecified atom stereocenters. The highest BCUT2D eigenvalue weighted by Gasteiger charge is 2.04. The average Bonchev–Trinajstić information content (AvgIpc) is 2.30. The van der Waals surface area contributed by atoms with Gasteiger partial charge in [0.15, 0.2) is 0 Å². The first-order valence-corrected chi connectivity index (χ1v) is 6.62. The van der Waals surface area contributed by atoms with Crippen LogP contribution in [0.4, 0.5) is 0 Å². The lowest BCUT2D eigenvalue weighted by Crippen LogP contribution is -2.10. The van der Waals surface area contributed by atoms with Gasteiger partial charge >= 0.3 is 0 Å². The highest BCUT2D eigenvalue weighted by atomic mass is 14.6. The quantitative estimate of drug-likeness (QED) is 0.683. The van der Waals surface area contributed by atoms with Crippen LogP contribution in [-0.4, -0.2) is 0 Å². The fraction of sp³-hybridized carbons (Fsp3) is 0.600. The first-order chi connectivity index (χ1) is 7.77. The molecule has 0 bridgehead atoms. The van der Waals surface area contributed by atoms with E-state index >= 15 is 0 Å². The van der Waals surface area contributed by atoms with Gasteiger partial charge in [0.25, 0.3) is 0 Å². The van der Waals surface area contributed by atoms with Crippen LogP contribution >= 0.6 is 0 Å². The van der Waals surface area contributed by atoms with Crippen molar-refractivity contribution in [2.45, 2.75) is 58.4 Å². The molecule has 0 aliphatic heterocycles. The van der Waals surface area contributed by atoms with Crippen molar-refractivity contribution in [3.05, 3.63) is 35.4 Å². The minimum Gasteiger partial charge on any atom is -0.324 e. The molecule has 0 aliphatic carbocycles. The molecule has 0 fully saturated rings. The summed E-state index contributed by atoms with van der Waals surface area (Å²) in [6, 6.07) is 9.06. The summed E-state index contributed by atoms with van der Waals surface area (Å²) in [6.07, 6.45) is 7.30. The van der Waals surface area contributed by atoms with Gasteiger partial charge in [-0.3, -0.25) is 0 Å². The molecule has 0 aromatic heterocycles. The minimum absolute atomic E-state index is 0.224. The fourth-order valence-electron chi connectivity index (χ4n) is 2.00. The number of unbranched alkanes of at least 4 members (excludes halogenated alkanes) is 2. The Hall–Kier alpha value is -0.820. The van der Waals surface area contributed by atoms with E-state index in [0.29, 0.717) is 0 Å². The third-order valence-electron chi connectivity index (χ3n) is 3.07. The molecule has 1 rings (SSSR count). The summed E-state index contributed by atoms with van der Waals surface area (Å²) >= 11 is 0. The Labute approximate surface area is 100 Å². The van der Waals surface area contributed by atoms with Crippen molar-refractivity contribution in [3.63, 3.8) is 0 Å². The molecule has 1 atom stereocenters. The standard InChI is InChI=1S/C15H25N/c1-3-5-6-8-15(16)14-11-9-13(7-4-2)10-12-14/h9-12,15H,3-8,16H2,1-2H3. The lowest BCUT2D eigenvalue weighted by Gasteiger charge is -2.12. The normalized spacial score (nSPS) is 12.7. The Bertz CT molecular complexity index is 276. The largest absolute Gasteiger partial charge is 0.324 e. The summed E-state index contributed by atoms with van der Waals surface area (Å²) in [5.74, 6) is 0. The second kappa shape index (κ2) is 7.45. The van der Waals surface area contributed by atoms with Gasteiger partial charge in [0.2, 0.25) is 0 Å². The molecular formula is C15H25N. The summed E-state index contributed by atoms with van der Waals surface area (Å²) in [7, 11) is 0. The summed E-state index contributed by atoms with van der Waals surface area (Å²) in [5.41, 5.74) is 8.87. The van der Waals surface area contributed by atoms with Crippen molar-refractivity contribution in [2.24, 2.45) is 5.73 Å². The molecule has 0 radical (unpaired) electrons. The van der Waals surface area contributed by atoms with Gasteiger partial charge in [0, 0.05) is 6.04 Å². The van der Waals surface area contributed by atoms with Gasteiger partial charge in [-0.1, -0.05) is 63.8 Å². The van der Waals surface area contributed by atoms with E-state index in [1.54, 1.807) is 0 Å². The van der Waals surface area contributed by atoms with Crippen molar-refractivity contribution in [2.75, 3.05) is 0 Å². The van der Waals surface area contributed by atoms with Crippen molar-refractivity contribution in [1.29, 1.82) is 0 Å². The first-order valence-electron chi connectivity index (χ1n) is 6.62. The third-order valence-corrected chi connectivity index (χ3v) is 3.07. The van der Waals surface area contributed by atoms with Gasteiger partial charge in [-0.25, -0.2) is 0 Å². The second-order valence-corrected chi connectivity index (χ2v) is 4.59. The molecule has 0 aliphatic rings. The smallest absolute Gasteiger partial charge is 0.0294 e. The van der Waals surface area contributed by atoms with Gasteiger partial charge in [0.1, 0.15) is 0 Å². The van der Waals surface area contributed by atoms with Gasteiger partial charge < -0.3 is 5.73 Å². The number of rotatable bonds is 7. The number of hydrogen-bond donors (Lipinski definition) is 1. The minimum atomic E-state index is 0.224. The number of hydrogen-bond acceptors (Lipinski definition) is 1. The molecule has 16 heavy (non-hydrogen) atoms. The van der Waals surface area contributed by atoms with E-state index in [1.807, 2.05) is 0 Å². The van der Waals surface area contributed by atoms with E-state index in [-0.39, 0.29) is 6.04 Å². The van der Waals surface area contributed by atoms with Crippen molar-refractivity contribution in [3.8, 4) is 0 Å². The fourth-order valence-corrected chi connectivity index (χ4v) is 2.00. The van der Waals surface area contributed by atoms with Crippen molar-refractivity contribution in [1.82, 2.24) is 0 Å². The molecule has 1 heteroatoms. The predicted molar refractivity (Wildman–Crippen MR) is 71.5 cm³/mol. The van der Waals surface area contributed by atoms with Crippen LogP contribution in [0.2, 0.25) is 0 Å². The zero-order valence-electron chi connectivity index (χ0n) is 10.7. The van der Waals surface area contributed by atoms with E-state index in [1.165, 1.54) is 43.2 Å². The molecule has 2 N–H and O–H groups in total. The Morgan fingerprint density at radius 1 is 1.00 bits per heavy atom. The SMILES string of the molecule is CCCCCC(N)c1ccc(CCC)cc1. The van der Waals surface area contributed by atoms with E-state index < -0.39 is 0 Å². The van der Waals surface area contributed by atoms with Crippen LogP contribution in [0.5, 0.6) is 0 Å². The Kier molecular flexibility index (Phi) is 6.17. The molecule has 0 saturated carbocycles. The highest BCUT2D eigenvalue weighted by Crippen LogP contribution is 2.18. The summed E-state index contributed by atoms with van der Waals surface area (Å²) < 4.78 is 0. The van der Waals surface area contributed by atoms with Crippen molar-refractivity contribution < 1.29 is 0 Å². The van der Waals surface area contributed by atoms with Crippen LogP contribution in [-0.2, 0) is 6.42 Å². The molecule has 90 valence electrons. The van der Waals surface area contributed by atoms with Gasteiger partial charge in [-0.15, -0.1) is 0 Å². The van der Waals surface area contributed by atoms with E-state index in [9.17, 15) is 0 Å². The Morgan fingerprint density at radius 2 is 1.69 bits per heavy atom.